The van der Waals surface area contributed by atoms with Crippen LogP contribution in [-0.2, 0) is 28.6 Å². The summed E-state index contributed by atoms with van der Waals surface area (Å²) in [5.74, 6) is 0. The summed E-state index contributed by atoms with van der Waals surface area (Å²) in [7, 11) is -7.59. The summed E-state index contributed by atoms with van der Waals surface area (Å²) >= 11 is 0. The van der Waals surface area contributed by atoms with E-state index < -0.39 is 52.6 Å². The Morgan fingerprint density at radius 1 is 0.558 bits per heavy atom. The van der Waals surface area contributed by atoms with Crippen LogP contribution in [0.25, 0.3) is 0 Å². The van der Waals surface area contributed by atoms with Crippen molar-refractivity contribution in [2.24, 2.45) is 0 Å². The van der Waals surface area contributed by atoms with Crippen molar-refractivity contribution in [3.63, 3.8) is 0 Å². The van der Waals surface area contributed by atoms with Gasteiger partial charge in [-0.15, -0.1) is 0 Å². The first kappa shape index (κ1) is 34.1. The van der Waals surface area contributed by atoms with Gasteiger partial charge in [0, 0.05) is 0 Å². The molecule has 0 fully saturated rings. The lowest BCUT2D eigenvalue weighted by molar-refractivity contribution is -0.138. The van der Waals surface area contributed by atoms with Crippen LogP contribution in [0.5, 0.6) is 0 Å². The van der Waals surface area contributed by atoms with E-state index in [4.69, 9.17) is 0 Å². The second-order valence-electron chi connectivity index (χ2n) is 9.42. The van der Waals surface area contributed by atoms with Crippen molar-refractivity contribution in [1.82, 2.24) is 0 Å². The molecule has 230 valence electrons. The molecule has 0 heterocycles. The van der Waals surface area contributed by atoms with Crippen molar-refractivity contribution in [2.75, 3.05) is 6.66 Å². The van der Waals surface area contributed by atoms with E-state index in [0.717, 1.165) is 60.2 Å². The van der Waals surface area contributed by atoms with Gasteiger partial charge >= 0.3 is 18.5 Å². The summed E-state index contributed by atoms with van der Waals surface area (Å²) in [4.78, 5) is -0.178. The molecule has 4 aromatic carbocycles. The molecule has 0 aliphatic carbocycles. The summed E-state index contributed by atoms with van der Waals surface area (Å²) < 4.78 is 151. The van der Waals surface area contributed by atoms with E-state index in [-0.39, 0.29) is 20.8 Å². The predicted molar refractivity (Wildman–Crippen MR) is 145 cm³/mol. The highest BCUT2D eigenvalue weighted by atomic mass is 32.2. The quantitative estimate of drug-likeness (QED) is 0.130. The number of alkyl halides is 9. The first-order valence-electron chi connectivity index (χ1n) is 12.1. The zero-order valence-corrected chi connectivity index (χ0v) is 23.9. The first-order chi connectivity index (χ1) is 19.6. The summed E-state index contributed by atoms with van der Waals surface area (Å²) in [6.07, 6.45) is -14.2. The third-order valence-electron chi connectivity index (χ3n) is 6.38. The second-order valence-corrected chi connectivity index (χ2v) is 14.4. The molecule has 0 spiro atoms. The maximum atomic E-state index is 13.3. The van der Waals surface area contributed by atoms with E-state index in [1.165, 1.54) is 37.0 Å². The van der Waals surface area contributed by atoms with Gasteiger partial charge in [0.2, 0.25) is 0 Å². The van der Waals surface area contributed by atoms with Gasteiger partial charge in [-0.2, -0.15) is 39.5 Å². The van der Waals surface area contributed by atoms with Gasteiger partial charge in [0.15, 0.2) is 0 Å². The van der Waals surface area contributed by atoms with Crippen molar-refractivity contribution < 1.29 is 52.5 Å². The summed E-state index contributed by atoms with van der Waals surface area (Å²) in [6.45, 7) is 3.23. The fraction of sp³-hybridized carbons (Fsp3) is 0.172. The van der Waals surface area contributed by atoms with E-state index >= 15 is 0 Å². The molecule has 0 saturated heterocycles. The highest BCUT2D eigenvalue weighted by Gasteiger charge is 2.45. The molecule has 0 unspecified atom stereocenters. The average molecular weight is 653 g/mol. The molecule has 14 heteroatoms. The number of aryl methyl sites for hydroxylation is 1. The van der Waals surface area contributed by atoms with Gasteiger partial charge in [-0.3, -0.25) is 0 Å². The minimum absolute atomic E-state index is 0.00553. The minimum Gasteiger partial charge on any atom is -0.744 e. The van der Waals surface area contributed by atoms with Crippen molar-refractivity contribution in [2.45, 2.75) is 30.3 Å². The Kier molecular flexibility index (Phi) is 9.75. The third kappa shape index (κ3) is 8.36. The molecule has 0 aliphatic rings. The summed E-state index contributed by atoms with van der Waals surface area (Å²) in [5, 5.41) is 0.0166. The van der Waals surface area contributed by atoms with Crippen LogP contribution in [0.2, 0.25) is 0 Å². The van der Waals surface area contributed by atoms with E-state index in [0.29, 0.717) is 0 Å². The molecule has 0 radical (unpaired) electrons. The topological polar surface area (TPSA) is 57.2 Å². The zero-order valence-electron chi connectivity index (χ0n) is 22.2. The molecule has 0 aromatic heterocycles. The monoisotopic (exact) mass is 652 g/mol. The van der Waals surface area contributed by atoms with Crippen molar-refractivity contribution in [1.29, 1.82) is 0 Å². The van der Waals surface area contributed by atoms with Crippen LogP contribution < -0.4 is 15.9 Å². The molecule has 3 nitrogen and oxygen atoms in total. The lowest BCUT2D eigenvalue weighted by Gasteiger charge is -2.25. The van der Waals surface area contributed by atoms with E-state index in [2.05, 4.69) is 0 Å². The fourth-order valence-corrected chi connectivity index (χ4v) is 7.74. The molecule has 43 heavy (non-hydrogen) atoms. The highest BCUT2D eigenvalue weighted by Crippen LogP contribution is 2.53. The molecular weight excluding hydrogens is 630 g/mol. The predicted octanol–water partition coefficient (Wildman–Crippen LogP) is 7.57. The standard InChI is InChI=1S/C22H15F9P.C7H8O3S/c1-32(17-8-2-5-14(11-17)20(23,24)25,18-9-3-6-15(12-18)21(26,27)28)19-10-4-7-16(13-19)22(29,30)31;1-6-2-4-7(5-3-6)11(8,9)10/h2-13H,1H3;2-5H,1H3,(H,8,9,10)/q+1;/p-1. The molecule has 0 saturated carbocycles. The van der Waals surface area contributed by atoms with Crippen LogP contribution in [0.3, 0.4) is 0 Å². The van der Waals surface area contributed by atoms with Crippen LogP contribution in [0, 0.1) is 6.92 Å². The van der Waals surface area contributed by atoms with Gasteiger partial charge in [-0.25, -0.2) is 8.42 Å². The lowest BCUT2D eigenvalue weighted by Crippen LogP contribution is -2.32. The Morgan fingerprint density at radius 2 is 0.860 bits per heavy atom. The first-order valence-corrected chi connectivity index (χ1v) is 15.7. The van der Waals surface area contributed by atoms with Crippen molar-refractivity contribution >= 4 is 33.3 Å². The Balaban J connectivity index is 0.000000386. The van der Waals surface area contributed by atoms with Gasteiger partial charge in [0.25, 0.3) is 0 Å². The van der Waals surface area contributed by atoms with E-state index in [9.17, 15) is 52.5 Å². The number of rotatable bonds is 4. The number of hydrogen-bond acceptors (Lipinski definition) is 3. The Morgan fingerprint density at radius 3 is 1.12 bits per heavy atom. The van der Waals surface area contributed by atoms with Crippen LogP contribution in [0.4, 0.5) is 39.5 Å². The van der Waals surface area contributed by atoms with Crippen molar-refractivity contribution in [3.8, 4) is 0 Å². The number of halogens is 9. The smallest absolute Gasteiger partial charge is 0.416 e. The maximum Gasteiger partial charge on any atom is 0.416 e. The Labute approximate surface area is 242 Å². The lowest BCUT2D eigenvalue weighted by atomic mass is 10.2. The molecule has 4 rings (SSSR count). The molecular formula is C29H22F9O3PS. The van der Waals surface area contributed by atoms with Gasteiger partial charge in [0.1, 0.15) is 33.3 Å². The van der Waals surface area contributed by atoms with Gasteiger partial charge in [0.05, 0.1) is 28.3 Å². The second kappa shape index (κ2) is 12.3. The molecule has 0 atom stereocenters. The van der Waals surface area contributed by atoms with Crippen LogP contribution in [-0.4, -0.2) is 19.6 Å². The summed E-state index contributed by atoms with van der Waals surface area (Å²) in [6, 6.07) is 17.7. The Bertz CT molecular complexity index is 1540. The summed E-state index contributed by atoms with van der Waals surface area (Å²) in [5.41, 5.74) is -2.20. The minimum atomic E-state index is -4.73. The van der Waals surface area contributed by atoms with E-state index in [1.54, 1.807) is 12.1 Å². The molecule has 0 bridgehead atoms. The fourth-order valence-electron chi connectivity index (χ4n) is 4.03. The SMILES string of the molecule is C[P+](c1cccc(C(F)(F)F)c1)(c1cccc(C(F)(F)F)c1)c1cccc(C(F)(F)F)c1.Cc1ccc(S(=O)(=O)[O-])cc1. The molecule has 4 aromatic rings. The van der Waals surface area contributed by atoms with E-state index in [1.807, 2.05) is 6.92 Å². The third-order valence-corrected chi connectivity index (χ3v) is 11.2. The molecule has 0 N–H and O–H groups in total. The Hall–Kier alpha value is -3.41. The average Bonchev–Trinajstić information content (AvgIpc) is 2.91. The van der Waals surface area contributed by atoms with Crippen LogP contribution in [0.15, 0.2) is 102 Å². The largest absolute Gasteiger partial charge is 0.744 e. The van der Waals surface area contributed by atoms with Crippen LogP contribution in [0.1, 0.15) is 22.3 Å². The van der Waals surface area contributed by atoms with Crippen molar-refractivity contribution in [3.05, 3.63) is 119 Å². The normalized spacial score (nSPS) is 12.8. The van der Waals surface area contributed by atoms with Crippen LogP contribution >= 0.6 is 7.26 Å². The molecule has 0 aliphatic heterocycles. The highest BCUT2D eigenvalue weighted by molar-refractivity contribution is 7.95. The maximum absolute atomic E-state index is 13.3. The zero-order chi connectivity index (χ0) is 32.4. The van der Waals surface area contributed by atoms with Gasteiger partial charge < -0.3 is 4.55 Å². The number of hydrogen-bond donors (Lipinski definition) is 0. The van der Waals surface area contributed by atoms with Gasteiger partial charge in [-0.1, -0.05) is 35.9 Å². The molecule has 0 amide bonds. The number of benzene rings is 4. The van der Waals surface area contributed by atoms with Gasteiger partial charge in [-0.05, 0) is 73.7 Å².